The minimum atomic E-state index is -0.102. The van der Waals surface area contributed by atoms with Crippen molar-refractivity contribution in [3.63, 3.8) is 0 Å². The van der Waals surface area contributed by atoms with Crippen LogP contribution in [-0.4, -0.2) is 52.7 Å². The Morgan fingerprint density at radius 2 is 1.91 bits per heavy atom. The smallest absolute Gasteiger partial charge is 0.275 e. The van der Waals surface area contributed by atoms with Crippen LogP contribution in [0.2, 0.25) is 5.02 Å². The zero-order chi connectivity index (χ0) is 24.0. The third kappa shape index (κ3) is 5.74. The molecule has 2 aliphatic heterocycles. The molecule has 0 aliphatic carbocycles. The lowest BCUT2D eigenvalue weighted by Crippen LogP contribution is -2.48. The average molecular weight is 487 g/mol. The molecule has 1 saturated heterocycles. The fourth-order valence-electron chi connectivity index (χ4n) is 5.02. The van der Waals surface area contributed by atoms with Crippen molar-refractivity contribution < 1.29 is 14.3 Å². The maximum absolute atomic E-state index is 13.1. The summed E-state index contributed by atoms with van der Waals surface area (Å²) in [4.78, 5) is 28.0. The quantitative estimate of drug-likeness (QED) is 0.666. The maximum atomic E-state index is 13.1. The first-order valence-corrected chi connectivity index (χ1v) is 12.9. The highest BCUT2D eigenvalue weighted by atomic mass is 35.5. The molecule has 1 spiro atoms. The first kappa shape index (κ1) is 24.6. The van der Waals surface area contributed by atoms with Crippen LogP contribution in [0.5, 0.6) is 5.75 Å². The number of rotatable bonds is 3. The monoisotopic (exact) mass is 486 g/mol. The van der Waals surface area contributed by atoms with Crippen LogP contribution in [0, 0.1) is 5.41 Å². The predicted octanol–water partition coefficient (Wildman–Crippen LogP) is 4.94. The molecule has 2 aromatic rings. The first-order valence-electron chi connectivity index (χ1n) is 12.5. The van der Waals surface area contributed by atoms with E-state index in [-0.39, 0.29) is 17.2 Å². The van der Waals surface area contributed by atoms with Gasteiger partial charge in [0.25, 0.3) is 11.8 Å². The largest absolute Gasteiger partial charge is 0.493 e. The van der Waals surface area contributed by atoms with Crippen molar-refractivity contribution in [3.05, 3.63) is 46.7 Å². The Kier molecular flexibility index (Phi) is 8.14. The zero-order valence-corrected chi connectivity index (χ0v) is 20.8. The van der Waals surface area contributed by atoms with E-state index in [0.29, 0.717) is 48.3 Å². The van der Waals surface area contributed by atoms with Crippen LogP contribution in [0.1, 0.15) is 79.1 Å². The number of halogens is 1. The zero-order valence-electron chi connectivity index (χ0n) is 20.0. The Morgan fingerprint density at radius 1 is 1.15 bits per heavy atom. The summed E-state index contributed by atoms with van der Waals surface area (Å²) >= 11 is 6.32. The van der Waals surface area contributed by atoms with Crippen LogP contribution in [0.15, 0.2) is 30.5 Å². The Bertz CT molecular complexity index is 998. The average Bonchev–Trinajstić information content (AvgIpc) is 3.22. The highest BCUT2D eigenvalue weighted by Gasteiger charge is 2.37. The fraction of sp³-hybridized carbons (Fsp3) is 0.577. The molecule has 1 aromatic heterocycles. The molecule has 7 nitrogen and oxygen atoms in total. The van der Waals surface area contributed by atoms with Gasteiger partial charge >= 0.3 is 0 Å². The molecule has 3 heterocycles. The molecule has 34 heavy (non-hydrogen) atoms. The molecular weight excluding hydrogens is 452 g/mol. The molecular formula is C26H35ClN4O3. The minimum absolute atomic E-state index is 0.0122. The van der Waals surface area contributed by atoms with E-state index in [1.165, 1.54) is 0 Å². The molecule has 2 aliphatic rings. The van der Waals surface area contributed by atoms with Gasteiger partial charge in [0.2, 0.25) is 0 Å². The summed E-state index contributed by atoms with van der Waals surface area (Å²) < 4.78 is 7.64. The van der Waals surface area contributed by atoms with Gasteiger partial charge in [0.15, 0.2) is 5.69 Å². The van der Waals surface area contributed by atoms with Gasteiger partial charge in [-0.3, -0.25) is 14.3 Å². The Balaban J connectivity index is 1.44. The number of nitrogens with one attached hydrogen (secondary N) is 1. The lowest BCUT2D eigenvalue weighted by Gasteiger charge is -2.42. The van der Waals surface area contributed by atoms with E-state index in [0.717, 1.165) is 57.9 Å². The number of carbonyl (C=O) groups excluding carboxylic acids is 2. The molecule has 0 bridgehead atoms. The third-order valence-corrected chi connectivity index (χ3v) is 7.37. The van der Waals surface area contributed by atoms with Crippen LogP contribution in [0.4, 0.5) is 0 Å². The van der Waals surface area contributed by atoms with Gasteiger partial charge in [0.05, 0.1) is 17.2 Å². The van der Waals surface area contributed by atoms with Gasteiger partial charge in [-0.05, 0) is 49.7 Å². The van der Waals surface area contributed by atoms with Gasteiger partial charge in [-0.25, -0.2) is 0 Å². The second-order valence-corrected chi connectivity index (χ2v) is 9.98. The number of piperidine rings is 1. The standard InChI is InChI=1S/C26H35ClN4O3/c1-2-14-31-18-21(27)23(29-31)25(33)30-15-12-26(13-16-30)11-7-3-4-8-17-34-22-10-6-5-9-20(22)24(32)28-19-26/h5-6,9-10,18H,2-4,7-8,11-17,19H2,1H3,(H,28,32). The molecule has 1 aromatic carbocycles. The fourth-order valence-corrected chi connectivity index (χ4v) is 5.25. The second-order valence-electron chi connectivity index (χ2n) is 9.57. The van der Waals surface area contributed by atoms with Gasteiger partial charge in [-0.1, -0.05) is 49.9 Å². The van der Waals surface area contributed by atoms with E-state index < -0.39 is 0 Å². The lowest BCUT2D eigenvalue weighted by atomic mass is 9.74. The van der Waals surface area contributed by atoms with E-state index in [4.69, 9.17) is 16.3 Å². The second kappa shape index (κ2) is 11.3. The number of benzene rings is 1. The summed E-state index contributed by atoms with van der Waals surface area (Å²) in [5.74, 6) is 0.448. The van der Waals surface area contributed by atoms with Crippen molar-refractivity contribution in [2.24, 2.45) is 5.41 Å². The molecule has 2 amide bonds. The Hall–Kier alpha value is -2.54. The van der Waals surface area contributed by atoms with Gasteiger partial charge < -0.3 is 15.0 Å². The summed E-state index contributed by atoms with van der Waals surface area (Å²) in [6, 6.07) is 7.45. The van der Waals surface area contributed by atoms with Crippen LogP contribution in [-0.2, 0) is 6.54 Å². The number of carbonyl (C=O) groups is 2. The van der Waals surface area contributed by atoms with Crippen LogP contribution < -0.4 is 10.1 Å². The number of fused-ring (bicyclic) bond motifs is 1. The number of ether oxygens (including phenoxy) is 1. The Morgan fingerprint density at radius 3 is 2.71 bits per heavy atom. The number of nitrogens with zero attached hydrogens (tertiary/aromatic N) is 3. The van der Waals surface area contributed by atoms with Gasteiger partial charge in [0.1, 0.15) is 5.75 Å². The van der Waals surface area contributed by atoms with E-state index in [1.807, 2.05) is 29.2 Å². The topological polar surface area (TPSA) is 76.5 Å². The number of hydrogen-bond acceptors (Lipinski definition) is 4. The molecule has 184 valence electrons. The summed E-state index contributed by atoms with van der Waals surface area (Å²) in [5.41, 5.74) is 0.912. The molecule has 1 fully saturated rings. The van der Waals surface area contributed by atoms with E-state index in [1.54, 1.807) is 10.9 Å². The van der Waals surface area contributed by atoms with Crippen molar-refractivity contribution in [3.8, 4) is 5.75 Å². The van der Waals surface area contributed by atoms with Crippen LogP contribution >= 0.6 is 11.6 Å². The molecule has 0 radical (unpaired) electrons. The molecule has 0 atom stereocenters. The van der Waals surface area contributed by atoms with Crippen molar-refractivity contribution >= 4 is 23.4 Å². The van der Waals surface area contributed by atoms with Crippen molar-refractivity contribution in [1.29, 1.82) is 0 Å². The third-order valence-electron chi connectivity index (χ3n) is 7.10. The maximum Gasteiger partial charge on any atom is 0.275 e. The highest BCUT2D eigenvalue weighted by molar-refractivity contribution is 6.33. The van der Waals surface area contributed by atoms with E-state index in [9.17, 15) is 9.59 Å². The molecule has 1 N–H and O–H groups in total. The van der Waals surface area contributed by atoms with Crippen molar-refractivity contribution in [2.45, 2.75) is 64.8 Å². The summed E-state index contributed by atoms with van der Waals surface area (Å²) in [6.07, 6.45) is 9.77. The molecule has 0 saturated carbocycles. The number of aryl methyl sites for hydroxylation is 1. The summed E-state index contributed by atoms with van der Waals surface area (Å²) in [5, 5.41) is 8.00. The number of hydrogen-bond donors (Lipinski definition) is 1. The predicted molar refractivity (Wildman–Crippen MR) is 132 cm³/mol. The van der Waals surface area contributed by atoms with Gasteiger partial charge in [-0.2, -0.15) is 5.10 Å². The normalized spacial score (nSPS) is 19.2. The van der Waals surface area contributed by atoms with Crippen LogP contribution in [0.3, 0.4) is 0 Å². The number of aromatic nitrogens is 2. The highest BCUT2D eigenvalue weighted by Crippen LogP contribution is 2.37. The van der Waals surface area contributed by atoms with Crippen molar-refractivity contribution in [2.75, 3.05) is 26.2 Å². The summed E-state index contributed by atoms with van der Waals surface area (Å²) in [7, 11) is 0. The van der Waals surface area contributed by atoms with E-state index in [2.05, 4.69) is 17.3 Å². The lowest BCUT2D eigenvalue weighted by molar-refractivity contribution is 0.0530. The number of amides is 2. The molecule has 0 unspecified atom stereocenters. The molecule has 8 heteroatoms. The SMILES string of the molecule is CCCn1cc(Cl)c(C(=O)N2CCC3(CCCCCCOc4ccccc4C(=O)NC3)CC2)n1. The first-order chi connectivity index (χ1) is 16.5. The van der Waals surface area contributed by atoms with E-state index >= 15 is 0 Å². The Labute approximate surface area is 206 Å². The minimum Gasteiger partial charge on any atom is -0.493 e. The molecule has 4 rings (SSSR count). The van der Waals surface area contributed by atoms with Gasteiger partial charge in [-0.15, -0.1) is 0 Å². The number of likely N-dealkylation sites (tertiary alicyclic amines) is 1. The van der Waals surface area contributed by atoms with Gasteiger partial charge in [0, 0.05) is 32.4 Å². The van der Waals surface area contributed by atoms with Crippen molar-refractivity contribution in [1.82, 2.24) is 20.0 Å². The number of para-hydroxylation sites is 1. The van der Waals surface area contributed by atoms with Crippen LogP contribution in [0.25, 0.3) is 0 Å². The summed E-state index contributed by atoms with van der Waals surface area (Å²) in [6.45, 7) is 5.33.